The topological polar surface area (TPSA) is 98.3 Å². The van der Waals surface area contributed by atoms with Crippen LogP contribution in [0.1, 0.15) is 12.0 Å². The first-order chi connectivity index (χ1) is 13.0. The quantitative estimate of drug-likeness (QED) is 0.590. The highest BCUT2D eigenvalue weighted by atomic mass is 35.5. The van der Waals surface area contributed by atoms with Crippen molar-refractivity contribution in [2.45, 2.75) is 18.9 Å². The third-order valence-corrected chi connectivity index (χ3v) is 4.08. The van der Waals surface area contributed by atoms with Crippen LogP contribution in [-0.2, 0) is 11.2 Å². The highest BCUT2D eigenvalue weighted by Crippen LogP contribution is 2.30. The second kappa shape index (κ2) is 10.0. The zero-order chi connectivity index (χ0) is 19.2. The van der Waals surface area contributed by atoms with Crippen LogP contribution in [0.3, 0.4) is 0 Å². The van der Waals surface area contributed by atoms with Crippen molar-refractivity contribution < 1.29 is 14.6 Å². The summed E-state index contributed by atoms with van der Waals surface area (Å²) >= 11 is 5.80. The van der Waals surface area contributed by atoms with Crippen molar-refractivity contribution in [2.75, 3.05) is 0 Å². The molecule has 28 heavy (non-hydrogen) atoms. The van der Waals surface area contributed by atoms with E-state index < -0.39 is 12.0 Å². The number of carbonyl (C=O) groups is 1. The Morgan fingerprint density at radius 3 is 2.43 bits per heavy atom. The molecule has 8 heteroatoms. The molecule has 0 saturated heterocycles. The first kappa shape index (κ1) is 21.6. The first-order valence-corrected chi connectivity index (χ1v) is 8.70. The zero-order valence-electron chi connectivity index (χ0n) is 14.8. The van der Waals surface area contributed by atoms with E-state index in [1.807, 2.05) is 48.5 Å². The largest absolute Gasteiger partial charge is 0.481 e. The molecule has 2 aromatic carbocycles. The van der Waals surface area contributed by atoms with E-state index in [1.165, 1.54) is 12.4 Å². The molecule has 0 aliphatic heterocycles. The summed E-state index contributed by atoms with van der Waals surface area (Å²) in [6.07, 6.45) is 3.10. The lowest BCUT2D eigenvalue weighted by Crippen LogP contribution is -2.26. The van der Waals surface area contributed by atoms with Crippen molar-refractivity contribution in [3.63, 3.8) is 0 Å². The Bertz CT molecular complexity index is 922. The van der Waals surface area contributed by atoms with Crippen molar-refractivity contribution in [1.29, 1.82) is 0 Å². The lowest BCUT2D eigenvalue weighted by atomic mass is 9.97. The third kappa shape index (κ3) is 5.92. The van der Waals surface area contributed by atoms with E-state index in [0.29, 0.717) is 17.2 Å². The van der Waals surface area contributed by atoms with Crippen LogP contribution in [-0.4, -0.2) is 27.1 Å². The van der Waals surface area contributed by atoms with Crippen LogP contribution in [0.25, 0.3) is 11.1 Å². The summed E-state index contributed by atoms with van der Waals surface area (Å²) in [5.41, 5.74) is 8.80. The van der Waals surface area contributed by atoms with E-state index in [2.05, 4.69) is 9.97 Å². The highest BCUT2D eigenvalue weighted by molar-refractivity contribution is 6.30. The standard InChI is InChI=1S/C20H18ClN3O3.ClH/c21-16-11-23-20(24-12-16)27-18-7-6-14(13-4-2-1-3-5-13)8-15(18)9-17(22)10-19(25)26;/h1-8,11-12,17H,9-10,22H2,(H,25,26);1H. The molecule has 6 nitrogen and oxygen atoms in total. The summed E-state index contributed by atoms with van der Waals surface area (Å²) in [6.45, 7) is 0. The number of aromatic nitrogens is 2. The van der Waals surface area contributed by atoms with Crippen LogP contribution in [0.15, 0.2) is 60.9 Å². The van der Waals surface area contributed by atoms with Crippen LogP contribution < -0.4 is 10.5 Å². The second-order valence-electron chi connectivity index (χ2n) is 6.04. The molecule has 0 spiro atoms. The van der Waals surface area contributed by atoms with E-state index >= 15 is 0 Å². The van der Waals surface area contributed by atoms with Gasteiger partial charge in [-0.1, -0.05) is 48.0 Å². The van der Waals surface area contributed by atoms with Gasteiger partial charge in [0.15, 0.2) is 0 Å². The number of hydrogen-bond donors (Lipinski definition) is 2. The maximum Gasteiger partial charge on any atom is 0.321 e. The van der Waals surface area contributed by atoms with E-state index in [-0.39, 0.29) is 24.8 Å². The molecule has 0 saturated carbocycles. The number of nitrogens with two attached hydrogens (primary N) is 1. The highest BCUT2D eigenvalue weighted by Gasteiger charge is 2.15. The van der Waals surface area contributed by atoms with E-state index in [0.717, 1.165) is 16.7 Å². The van der Waals surface area contributed by atoms with Gasteiger partial charge in [0.25, 0.3) is 0 Å². The lowest BCUT2D eigenvalue weighted by Gasteiger charge is -2.15. The fourth-order valence-electron chi connectivity index (χ4n) is 2.68. The van der Waals surface area contributed by atoms with Gasteiger partial charge in [0.2, 0.25) is 0 Å². The number of nitrogens with zero attached hydrogens (tertiary/aromatic N) is 2. The van der Waals surface area contributed by atoms with Gasteiger partial charge in [-0.05, 0) is 35.2 Å². The van der Waals surface area contributed by atoms with Crippen LogP contribution in [0.2, 0.25) is 5.02 Å². The number of aliphatic carboxylic acids is 1. The van der Waals surface area contributed by atoms with Crippen molar-refractivity contribution in [3.8, 4) is 22.9 Å². The molecule has 0 aliphatic carbocycles. The summed E-state index contributed by atoms with van der Waals surface area (Å²) in [6, 6.07) is 15.1. The Morgan fingerprint density at radius 1 is 1.11 bits per heavy atom. The first-order valence-electron chi connectivity index (χ1n) is 8.32. The number of benzene rings is 2. The molecule has 1 aromatic heterocycles. The molecule has 0 bridgehead atoms. The number of rotatable bonds is 7. The monoisotopic (exact) mass is 419 g/mol. The van der Waals surface area contributed by atoms with Gasteiger partial charge in [0, 0.05) is 6.04 Å². The summed E-state index contributed by atoms with van der Waals surface area (Å²) < 4.78 is 5.78. The van der Waals surface area contributed by atoms with Gasteiger partial charge < -0.3 is 15.6 Å². The van der Waals surface area contributed by atoms with E-state index in [9.17, 15) is 4.79 Å². The minimum Gasteiger partial charge on any atom is -0.481 e. The molecule has 0 amide bonds. The van der Waals surface area contributed by atoms with Gasteiger partial charge in [0.1, 0.15) is 5.75 Å². The smallest absolute Gasteiger partial charge is 0.321 e. The molecule has 3 rings (SSSR count). The van der Waals surface area contributed by atoms with Crippen LogP contribution in [0, 0.1) is 0 Å². The Hall–Kier alpha value is -2.67. The molecular formula is C20H19Cl2N3O3. The molecule has 1 atom stereocenters. The number of halogens is 2. The van der Waals surface area contributed by atoms with Gasteiger partial charge in [-0.2, -0.15) is 0 Å². The average molecular weight is 420 g/mol. The van der Waals surface area contributed by atoms with Crippen molar-refractivity contribution in [3.05, 3.63) is 71.5 Å². The zero-order valence-corrected chi connectivity index (χ0v) is 16.4. The van der Waals surface area contributed by atoms with E-state index in [4.69, 9.17) is 27.2 Å². The minimum absolute atomic E-state index is 0. The molecule has 3 N–H and O–H groups in total. The van der Waals surface area contributed by atoms with Gasteiger partial charge in [-0.25, -0.2) is 9.97 Å². The van der Waals surface area contributed by atoms with Gasteiger partial charge in [-0.15, -0.1) is 12.4 Å². The van der Waals surface area contributed by atoms with Crippen LogP contribution in [0.5, 0.6) is 11.8 Å². The van der Waals surface area contributed by atoms with Gasteiger partial charge >= 0.3 is 12.0 Å². The Morgan fingerprint density at radius 2 is 1.79 bits per heavy atom. The maximum atomic E-state index is 11.0. The van der Waals surface area contributed by atoms with E-state index in [1.54, 1.807) is 0 Å². The fourth-order valence-corrected chi connectivity index (χ4v) is 2.78. The van der Waals surface area contributed by atoms with Crippen molar-refractivity contribution in [2.24, 2.45) is 5.73 Å². The molecular weight excluding hydrogens is 401 g/mol. The number of carboxylic acids is 1. The number of carboxylic acid groups (broad SMARTS) is 1. The van der Waals surface area contributed by atoms with Gasteiger partial charge in [-0.3, -0.25) is 4.79 Å². The molecule has 3 aromatic rings. The molecule has 0 radical (unpaired) electrons. The van der Waals surface area contributed by atoms with Crippen LogP contribution in [0.4, 0.5) is 0 Å². The minimum atomic E-state index is -0.940. The predicted molar refractivity (Wildman–Crippen MR) is 110 cm³/mol. The average Bonchev–Trinajstić information content (AvgIpc) is 2.65. The molecule has 0 fully saturated rings. The predicted octanol–water partition coefficient (Wildman–Crippen LogP) is 4.36. The molecule has 1 heterocycles. The molecule has 0 aliphatic rings. The SMILES string of the molecule is Cl.NC(CC(=O)O)Cc1cc(-c2ccccc2)ccc1Oc1ncc(Cl)cn1. The maximum absolute atomic E-state index is 11.0. The summed E-state index contributed by atoms with van der Waals surface area (Å²) in [7, 11) is 0. The third-order valence-electron chi connectivity index (χ3n) is 3.88. The summed E-state index contributed by atoms with van der Waals surface area (Å²) in [5.74, 6) is -0.414. The second-order valence-corrected chi connectivity index (χ2v) is 6.47. The Kier molecular flexibility index (Phi) is 7.75. The van der Waals surface area contributed by atoms with Gasteiger partial charge in [0.05, 0.1) is 23.8 Å². The number of hydrogen-bond acceptors (Lipinski definition) is 5. The fraction of sp³-hybridized carbons (Fsp3) is 0.150. The van der Waals surface area contributed by atoms with Crippen molar-refractivity contribution in [1.82, 2.24) is 9.97 Å². The van der Waals surface area contributed by atoms with Crippen molar-refractivity contribution >= 4 is 30.0 Å². The summed E-state index contributed by atoms with van der Waals surface area (Å²) in [4.78, 5) is 19.0. The molecule has 146 valence electrons. The Balaban J connectivity index is 0.00000280. The lowest BCUT2D eigenvalue weighted by molar-refractivity contribution is -0.137. The van der Waals surface area contributed by atoms with Crippen LogP contribution >= 0.6 is 24.0 Å². The summed E-state index contributed by atoms with van der Waals surface area (Å²) in [5, 5.41) is 9.39. The molecule has 1 unspecified atom stereocenters. The Labute approximate surface area is 173 Å². The number of ether oxygens (including phenoxy) is 1. The normalized spacial score (nSPS) is 11.4.